The van der Waals surface area contributed by atoms with E-state index in [1.54, 1.807) is 11.0 Å². The molecule has 3 N–H and O–H groups in total. The van der Waals surface area contributed by atoms with Crippen molar-refractivity contribution in [1.82, 2.24) is 9.80 Å². The highest BCUT2D eigenvalue weighted by molar-refractivity contribution is 6.03. The molecule has 2 aliphatic heterocycles. The first-order valence-electron chi connectivity index (χ1n) is 22.3. The van der Waals surface area contributed by atoms with Crippen LogP contribution in [0.2, 0.25) is 0 Å². The second-order valence-corrected chi connectivity index (χ2v) is 16.1. The predicted octanol–water partition coefficient (Wildman–Crippen LogP) is 5.70. The summed E-state index contributed by atoms with van der Waals surface area (Å²) < 4.78 is 38.3. The number of aliphatic hydroxyl groups is 3. The maximum absolute atomic E-state index is 14.5. The van der Waals surface area contributed by atoms with E-state index in [0.29, 0.717) is 44.1 Å². The van der Waals surface area contributed by atoms with Crippen LogP contribution in [0.15, 0.2) is 78.0 Å². The summed E-state index contributed by atoms with van der Waals surface area (Å²) in [7, 11) is 0. The van der Waals surface area contributed by atoms with Crippen molar-refractivity contribution in [3.63, 3.8) is 0 Å². The fourth-order valence-electron chi connectivity index (χ4n) is 9.21. The smallest absolute Gasteiger partial charge is 0.410 e. The molecule has 1 saturated carbocycles. The van der Waals surface area contributed by atoms with Crippen LogP contribution in [-0.4, -0.2) is 141 Å². The van der Waals surface area contributed by atoms with E-state index >= 15 is 0 Å². The highest BCUT2D eigenvalue weighted by atomic mass is 16.7. The number of benzene rings is 2. The number of aliphatic hydroxyl groups excluding tert-OH is 3. The third-order valence-corrected chi connectivity index (χ3v) is 12.1. The van der Waals surface area contributed by atoms with Crippen LogP contribution in [0.25, 0.3) is 0 Å². The van der Waals surface area contributed by atoms with Crippen molar-refractivity contribution < 1.29 is 53.4 Å². The monoisotopic (exact) mass is 849 g/mol. The summed E-state index contributed by atoms with van der Waals surface area (Å²) >= 11 is 0. The van der Waals surface area contributed by atoms with E-state index < -0.39 is 23.8 Å². The summed E-state index contributed by atoms with van der Waals surface area (Å²) in [5, 5.41) is 34.1. The van der Waals surface area contributed by atoms with Crippen LogP contribution >= 0.6 is 0 Å². The van der Waals surface area contributed by atoms with Gasteiger partial charge in [0.25, 0.3) is 0 Å². The lowest BCUT2D eigenvalue weighted by Crippen LogP contribution is -2.70. The summed E-state index contributed by atoms with van der Waals surface area (Å²) in [6.45, 7) is 10.9. The Balaban J connectivity index is 1.44. The molecule has 0 bridgehead atoms. The Morgan fingerprint density at radius 3 is 2.51 bits per heavy atom. The third-order valence-electron chi connectivity index (χ3n) is 12.1. The predicted molar refractivity (Wildman–Crippen MR) is 231 cm³/mol. The molecule has 0 unspecified atom stereocenters. The minimum absolute atomic E-state index is 0.0106. The lowest BCUT2D eigenvalue weighted by atomic mass is 9.55. The van der Waals surface area contributed by atoms with Gasteiger partial charge in [-0.2, -0.15) is 0 Å². The molecule has 336 valence electrons. The van der Waals surface area contributed by atoms with Crippen molar-refractivity contribution in [3.05, 3.63) is 84.0 Å². The molecule has 2 aromatic rings. The number of allylic oxidation sites excluding steroid dienone is 1. The molecule has 2 heterocycles. The third kappa shape index (κ3) is 12.1. The number of hydrogen-bond acceptors (Lipinski definition) is 13. The summed E-state index contributed by atoms with van der Waals surface area (Å²) in [6, 6.07) is 15.0. The summed E-state index contributed by atoms with van der Waals surface area (Å²) in [6.07, 6.45) is 8.29. The molecule has 6 atom stereocenters. The van der Waals surface area contributed by atoms with Crippen LogP contribution in [0.4, 0.5) is 4.79 Å². The van der Waals surface area contributed by atoms with Gasteiger partial charge in [0, 0.05) is 57.3 Å². The van der Waals surface area contributed by atoms with E-state index in [-0.39, 0.29) is 83.6 Å². The first-order chi connectivity index (χ1) is 30.0. The van der Waals surface area contributed by atoms with Gasteiger partial charge in [-0.3, -0.25) is 9.80 Å². The van der Waals surface area contributed by atoms with Gasteiger partial charge in [0.2, 0.25) is 5.79 Å². The van der Waals surface area contributed by atoms with Crippen molar-refractivity contribution in [3.8, 4) is 11.5 Å². The molecule has 4 aliphatic rings. The lowest BCUT2D eigenvalue weighted by Gasteiger charge is -2.59. The molecule has 0 aromatic heterocycles. The maximum Gasteiger partial charge on any atom is 0.410 e. The Hall–Kier alpha value is -4.02. The van der Waals surface area contributed by atoms with Crippen molar-refractivity contribution in [2.45, 2.75) is 76.2 Å². The average molecular weight is 850 g/mol. The largest absolute Gasteiger partial charge is 0.492 e. The van der Waals surface area contributed by atoms with Gasteiger partial charge in [0.05, 0.1) is 51.3 Å². The van der Waals surface area contributed by atoms with E-state index in [1.807, 2.05) is 49.4 Å². The molecule has 1 amide bonds. The number of hydrogen-bond donors (Lipinski definition) is 3. The zero-order valence-corrected chi connectivity index (χ0v) is 35.9. The van der Waals surface area contributed by atoms with Gasteiger partial charge < -0.3 is 48.6 Å². The fraction of sp³-hybridized carbons (Fsp3) is 0.617. The van der Waals surface area contributed by atoms with Gasteiger partial charge in [0.1, 0.15) is 37.4 Å². The average Bonchev–Trinajstić information content (AvgIpc) is 4.11. The van der Waals surface area contributed by atoms with Crippen LogP contribution in [0.1, 0.15) is 68.9 Å². The van der Waals surface area contributed by atoms with Crippen molar-refractivity contribution in [1.29, 1.82) is 0 Å². The number of amides is 1. The molecule has 0 radical (unpaired) electrons. The molecule has 2 aromatic carbocycles. The minimum Gasteiger partial charge on any atom is -0.492 e. The number of nitrogens with zero attached hydrogens (tertiary/aromatic N) is 3. The Kier molecular flexibility index (Phi) is 18.3. The van der Waals surface area contributed by atoms with E-state index in [9.17, 15) is 20.1 Å². The van der Waals surface area contributed by atoms with Crippen LogP contribution < -0.4 is 9.47 Å². The standard InChI is InChI=1S/C47H67N3O11/c1-3-25-59-47-43(50(21-26-55-28-24-53)46(54)58-30-29-56-34-35-12-6-5-7-13-35)33-41(48-60-4-2)39-31-36(14-8-10-22-51)38(15-9-11-23-52)44(45(39)47)40-32-37(16-17-42(40)61-47)57-27-20-49-18-19-49/h3,5-7,12-13,16-17,31-32,36,38,43-45,51-53H,1,4,8-11,14-15,18-30,33-34H2,2H3/t36-,38+,43-,44+,45+,47+/m0/s1. The normalized spacial score (nSPS) is 24.6. The second kappa shape index (κ2) is 24.0. The molecule has 2 fully saturated rings. The molecule has 61 heavy (non-hydrogen) atoms. The molecule has 6 rings (SSSR count). The van der Waals surface area contributed by atoms with Gasteiger partial charge in [0.15, 0.2) is 0 Å². The van der Waals surface area contributed by atoms with Crippen LogP contribution in [0.5, 0.6) is 11.5 Å². The molecule has 1 saturated heterocycles. The van der Waals surface area contributed by atoms with E-state index in [2.05, 4.69) is 23.6 Å². The Morgan fingerprint density at radius 2 is 1.77 bits per heavy atom. The van der Waals surface area contributed by atoms with E-state index in [0.717, 1.165) is 67.8 Å². The second-order valence-electron chi connectivity index (χ2n) is 16.1. The molecule has 14 nitrogen and oxygen atoms in total. The van der Waals surface area contributed by atoms with Gasteiger partial charge >= 0.3 is 6.09 Å². The molecular weight excluding hydrogens is 783 g/mol. The van der Waals surface area contributed by atoms with Gasteiger partial charge in [-0.1, -0.05) is 60.5 Å². The van der Waals surface area contributed by atoms with Gasteiger partial charge in [-0.15, -0.1) is 6.58 Å². The summed E-state index contributed by atoms with van der Waals surface area (Å²) in [5.41, 5.74) is 3.65. The van der Waals surface area contributed by atoms with E-state index in [4.69, 9.17) is 38.4 Å². The molecular formula is C47H67N3O11. The number of unbranched alkanes of at least 4 members (excludes halogenated alkanes) is 2. The highest BCUT2D eigenvalue weighted by Gasteiger charge is 2.65. The number of fused-ring (bicyclic) bond motifs is 2. The summed E-state index contributed by atoms with van der Waals surface area (Å²) in [5.74, 6) is -0.543. The maximum atomic E-state index is 14.5. The van der Waals surface area contributed by atoms with Crippen molar-refractivity contribution >= 4 is 11.8 Å². The van der Waals surface area contributed by atoms with Crippen LogP contribution in [-0.2, 0) is 30.4 Å². The number of rotatable bonds is 28. The highest BCUT2D eigenvalue weighted by Crippen LogP contribution is 2.62. The first kappa shape index (κ1) is 46.5. The number of carbonyl (C=O) groups excluding carboxylic acids is 1. The SMILES string of the molecule is C=CCO[C@@]12Oc3ccc(OCCN4CC4)cc3[C@H]3[C@H](CCCCO)[C@@H](CCCCO)C=C(C(=NOCC)C[C@@H]1N(CCOCCO)C(=O)OCCOCc1ccccc1)[C@H]32. The van der Waals surface area contributed by atoms with E-state index in [1.165, 1.54) is 0 Å². The van der Waals surface area contributed by atoms with Crippen LogP contribution in [0.3, 0.4) is 0 Å². The first-order valence-corrected chi connectivity index (χ1v) is 22.3. The zero-order valence-electron chi connectivity index (χ0n) is 35.9. The number of carbonyl (C=O) groups is 1. The lowest BCUT2D eigenvalue weighted by molar-refractivity contribution is -0.256. The van der Waals surface area contributed by atoms with Gasteiger partial charge in [-0.25, -0.2) is 4.79 Å². The summed E-state index contributed by atoms with van der Waals surface area (Å²) in [4.78, 5) is 24.3. The Morgan fingerprint density at radius 1 is 0.967 bits per heavy atom. The quantitative estimate of drug-likeness (QED) is 0.0416. The molecule has 14 heteroatoms. The Bertz CT molecular complexity index is 1720. The number of ether oxygens (including phenoxy) is 6. The van der Waals surface area contributed by atoms with Crippen molar-refractivity contribution in [2.75, 3.05) is 92.2 Å². The zero-order chi connectivity index (χ0) is 42.9. The van der Waals surface area contributed by atoms with Crippen molar-refractivity contribution in [2.24, 2.45) is 22.9 Å². The van der Waals surface area contributed by atoms with Gasteiger partial charge in [-0.05, 0) is 73.8 Å². The number of oxime groups is 1. The Labute approximate surface area is 361 Å². The molecule has 2 aliphatic carbocycles. The molecule has 0 spiro atoms. The minimum atomic E-state index is -1.45. The fourth-order valence-corrected chi connectivity index (χ4v) is 9.21. The van der Waals surface area contributed by atoms with Crippen LogP contribution in [0, 0.1) is 17.8 Å². The topological polar surface area (TPSA) is 161 Å².